The molecule has 0 atom stereocenters. The Balaban J connectivity index is 2.28. The topological polar surface area (TPSA) is 3.24 Å². The second-order valence-corrected chi connectivity index (χ2v) is 5.72. The van der Waals surface area contributed by atoms with Crippen LogP contribution in [0.5, 0.6) is 0 Å². The third kappa shape index (κ3) is 1.69. The maximum atomic E-state index is 2.37. The van der Waals surface area contributed by atoms with Gasteiger partial charge in [-0.2, -0.15) is 0 Å². The SMILES string of the molecule is CN1C[N+](C)(C)Cc2c1ccc1ccccc21. The predicted octanol–water partition coefficient (Wildman–Crippen LogP) is 2.82. The van der Waals surface area contributed by atoms with Gasteiger partial charge in [-0.15, -0.1) is 0 Å². The van der Waals surface area contributed by atoms with Gasteiger partial charge in [0.25, 0.3) is 0 Å². The van der Waals surface area contributed by atoms with Gasteiger partial charge in [0.2, 0.25) is 0 Å². The number of hydrogen-bond donors (Lipinski definition) is 0. The van der Waals surface area contributed by atoms with E-state index in [4.69, 9.17) is 0 Å². The maximum absolute atomic E-state index is 2.37. The third-order valence-electron chi connectivity index (χ3n) is 3.61. The highest BCUT2D eigenvalue weighted by Gasteiger charge is 2.28. The molecule has 0 saturated heterocycles. The van der Waals surface area contributed by atoms with E-state index in [1.165, 1.54) is 22.0 Å². The summed E-state index contributed by atoms with van der Waals surface area (Å²) in [6.07, 6.45) is 0. The molecule has 0 N–H and O–H groups in total. The van der Waals surface area contributed by atoms with Crippen LogP contribution in [-0.2, 0) is 6.54 Å². The molecule has 0 radical (unpaired) electrons. The second kappa shape index (κ2) is 3.47. The third-order valence-corrected chi connectivity index (χ3v) is 3.61. The summed E-state index contributed by atoms with van der Waals surface area (Å²) < 4.78 is 1.03. The number of hydrogen-bond acceptors (Lipinski definition) is 1. The Morgan fingerprint density at radius 2 is 1.82 bits per heavy atom. The first-order chi connectivity index (χ1) is 8.07. The normalized spacial score (nSPS) is 18.2. The minimum absolute atomic E-state index is 1.03. The van der Waals surface area contributed by atoms with E-state index in [9.17, 15) is 0 Å². The van der Waals surface area contributed by atoms with Gasteiger partial charge in [-0.05, 0) is 16.8 Å². The fourth-order valence-corrected chi connectivity index (χ4v) is 2.98. The van der Waals surface area contributed by atoms with Crippen LogP contribution in [0, 0.1) is 0 Å². The Morgan fingerprint density at radius 3 is 2.65 bits per heavy atom. The van der Waals surface area contributed by atoms with Crippen LogP contribution in [0.3, 0.4) is 0 Å². The van der Waals surface area contributed by atoms with Crippen molar-refractivity contribution in [2.24, 2.45) is 0 Å². The molecule has 1 heterocycles. The molecule has 2 aromatic rings. The van der Waals surface area contributed by atoms with E-state index in [0.29, 0.717) is 0 Å². The average molecular weight is 227 g/mol. The van der Waals surface area contributed by atoms with Crippen LogP contribution in [-0.4, -0.2) is 32.3 Å². The van der Waals surface area contributed by atoms with E-state index in [2.05, 4.69) is 62.4 Å². The molecule has 0 unspecified atom stereocenters. The summed E-state index contributed by atoms with van der Waals surface area (Å²) in [5.74, 6) is 0. The molecule has 2 heteroatoms. The number of quaternary nitrogens is 1. The number of fused-ring (bicyclic) bond motifs is 3. The van der Waals surface area contributed by atoms with Crippen molar-refractivity contribution in [2.75, 3.05) is 32.7 Å². The van der Waals surface area contributed by atoms with E-state index in [1.807, 2.05) is 0 Å². The van der Waals surface area contributed by atoms with Gasteiger partial charge in [-0.25, -0.2) is 0 Å². The van der Waals surface area contributed by atoms with Gasteiger partial charge in [0.05, 0.1) is 19.8 Å². The van der Waals surface area contributed by atoms with E-state index in [-0.39, 0.29) is 0 Å². The Bertz CT molecular complexity index is 572. The molecule has 0 spiro atoms. The van der Waals surface area contributed by atoms with Crippen LogP contribution >= 0.6 is 0 Å². The molecule has 2 nitrogen and oxygen atoms in total. The monoisotopic (exact) mass is 227 g/mol. The molecule has 1 aliphatic rings. The number of anilines is 1. The summed E-state index contributed by atoms with van der Waals surface area (Å²) in [6.45, 7) is 2.19. The van der Waals surface area contributed by atoms with Gasteiger partial charge in [0.15, 0.2) is 6.67 Å². The molecule has 17 heavy (non-hydrogen) atoms. The quantitative estimate of drug-likeness (QED) is 0.626. The number of nitrogens with zero attached hydrogens (tertiary/aromatic N) is 2. The highest BCUT2D eigenvalue weighted by Crippen LogP contribution is 2.34. The fourth-order valence-electron chi connectivity index (χ4n) is 2.98. The lowest BCUT2D eigenvalue weighted by Crippen LogP contribution is -2.50. The average Bonchev–Trinajstić information content (AvgIpc) is 2.27. The first kappa shape index (κ1) is 10.6. The van der Waals surface area contributed by atoms with Crippen molar-refractivity contribution in [2.45, 2.75) is 6.54 Å². The van der Waals surface area contributed by atoms with Gasteiger partial charge in [-0.1, -0.05) is 30.3 Å². The highest BCUT2D eigenvalue weighted by molar-refractivity contribution is 5.90. The van der Waals surface area contributed by atoms with Crippen molar-refractivity contribution in [3.8, 4) is 0 Å². The van der Waals surface area contributed by atoms with Gasteiger partial charge in [0, 0.05) is 12.6 Å². The Morgan fingerprint density at radius 1 is 1.06 bits per heavy atom. The first-order valence-electron chi connectivity index (χ1n) is 6.11. The van der Waals surface area contributed by atoms with E-state index < -0.39 is 0 Å². The minimum atomic E-state index is 1.03. The summed E-state index contributed by atoms with van der Waals surface area (Å²) in [7, 11) is 6.77. The molecular formula is C15H19N2+. The second-order valence-electron chi connectivity index (χ2n) is 5.72. The minimum Gasteiger partial charge on any atom is -0.328 e. The summed E-state index contributed by atoms with van der Waals surface area (Å²) in [5.41, 5.74) is 2.88. The van der Waals surface area contributed by atoms with Crippen LogP contribution in [0.4, 0.5) is 5.69 Å². The van der Waals surface area contributed by atoms with E-state index in [0.717, 1.165) is 17.7 Å². The Hall–Kier alpha value is -1.54. The zero-order valence-corrected chi connectivity index (χ0v) is 10.8. The fraction of sp³-hybridized carbons (Fsp3) is 0.333. The van der Waals surface area contributed by atoms with Crippen molar-refractivity contribution < 1.29 is 4.48 Å². The lowest BCUT2D eigenvalue weighted by molar-refractivity contribution is -0.904. The molecule has 0 aliphatic carbocycles. The lowest BCUT2D eigenvalue weighted by Gasteiger charge is -2.40. The van der Waals surface area contributed by atoms with Crippen LogP contribution in [0.1, 0.15) is 5.56 Å². The van der Waals surface area contributed by atoms with Crippen molar-refractivity contribution >= 4 is 16.5 Å². The first-order valence-corrected chi connectivity index (χ1v) is 6.11. The van der Waals surface area contributed by atoms with Crippen molar-refractivity contribution in [3.05, 3.63) is 42.0 Å². The van der Waals surface area contributed by atoms with Crippen molar-refractivity contribution in [3.63, 3.8) is 0 Å². The van der Waals surface area contributed by atoms with Crippen LogP contribution in [0.2, 0.25) is 0 Å². The summed E-state index contributed by atoms with van der Waals surface area (Å²) in [5, 5.41) is 2.75. The molecular weight excluding hydrogens is 208 g/mol. The smallest absolute Gasteiger partial charge is 0.154 e. The highest BCUT2D eigenvalue weighted by atomic mass is 15.4. The molecule has 2 aromatic carbocycles. The summed E-state index contributed by atoms with van der Waals surface area (Å²) in [6, 6.07) is 13.2. The molecule has 0 fully saturated rings. The van der Waals surface area contributed by atoms with Gasteiger partial charge in [-0.3, -0.25) is 0 Å². The molecule has 0 bridgehead atoms. The molecule has 1 aliphatic heterocycles. The Labute approximate surface area is 103 Å². The predicted molar refractivity (Wildman–Crippen MR) is 73.0 cm³/mol. The van der Waals surface area contributed by atoms with Crippen molar-refractivity contribution in [1.82, 2.24) is 0 Å². The number of benzene rings is 2. The molecule has 3 rings (SSSR count). The molecule has 88 valence electrons. The standard InChI is InChI=1S/C15H19N2/c1-16-11-17(2,3)10-14-13-7-5-4-6-12(13)8-9-15(14)16/h4-9H,10-11H2,1-3H3/q+1. The van der Waals surface area contributed by atoms with Crippen LogP contribution in [0.25, 0.3) is 10.8 Å². The lowest BCUT2D eigenvalue weighted by atomic mass is 9.99. The molecule has 0 amide bonds. The zero-order valence-electron chi connectivity index (χ0n) is 10.8. The zero-order chi connectivity index (χ0) is 12.0. The van der Waals surface area contributed by atoms with E-state index >= 15 is 0 Å². The molecule has 0 aromatic heterocycles. The van der Waals surface area contributed by atoms with Crippen LogP contribution in [0.15, 0.2) is 36.4 Å². The molecule has 0 saturated carbocycles. The Kier molecular flexibility index (Phi) is 2.17. The number of rotatable bonds is 0. The largest absolute Gasteiger partial charge is 0.328 e. The summed E-state index contributed by atoms with van der Waals surface area (Å²) in [4.78, 5) is 2.37. The van der Waals surface area contributed by atoms with E-state index in [1.54, 1.807) is 0 Å². The van der Waals surface area contributed by atoms with Gasteiger partial charge in [0.1, 0.15) is 6.54 Å². The van der Waals surface area contributed by atoms with Gasteiger partial charge >= 0.3 is 0 Å². The van der Waals surface area contributed by atoms with Crippen LogP contribution < -0.4 is 4.90 Å². The van der Waals surface area contributed by atoms with Crippen molar-refractivity contribution in [1.29, 1.82) is 0 Å². The van der Waals surface area contributed by atoms with Gasteiger partial charge < -0.3 is 9.38 Å². The summed E-state index contributed by atoms with van der Waals surface area (Å²) >= 11 is 0. The maximum Gasteiger partial charge on any atom is 0.154 e.